The number of ether oxygens (including phenoxy) is 1. The Hall–Kier alpha value is -1.95. The first-order chi connectivity index (χ1) is 9.85. The number of hydrogen-bond donors (Lipinski definition) is 2. The van der Waals surface area contributed by atoms with Crippen LogP contribution in [0.25, 0.3) is 0 Å². The second kappa shape index (κ2) is 7.73. The van der Waals surface area contributed by atoms with E-state index < -0.39 is 17.8 Å². The van der Waals surface area contributed by atoms with Crippen LogP contribution in [0, 0.1) is 12.7 Å². The average molecular weight is 297 g/mol. The van der Waals surface area contributed by atoms with Gasteiger partial charge in [0.15, 0.2) is 6.04 Å². The molecule has 0 heterocycles. The molecule has 2 N–H and O–H groups in total. The number of hydrogen-bond acceptors (Lipinski definition) is 3. The van der Waals surface area contributed by atoms with Crippen molar-refractivity contribution < 1.29 is 23.8 Å². The normalized spacial score (nSPS) is 13.5. The van der Waals surface area contributed by atoms with Crippen molar-refractivity contribution in [3.05, 3.63) is 35.1 Å². The van der Waals surface area contributed by atoms with Gasteiger partial charge >= 0.3 is 5.97 Å². The van der Waals surface area contributed by atoms with Crippen molar-refractivity contribution in [1.82, 2.24) is 5.32 Å². The molecule has 0 aromatic heterocycles. The third kappa shape index (κ3) is 5.15. The summed E-state index contributed by atoms with van der Waals surface area (Å²) in [6.45, 7) is 3.37. The molecule has 0 aliphatic rings. The van der Waals surface area contributed by atoms with E-state index >= 15 is 0 Å². The maximum Gasteiger partial charge on any atom is 0.330 e. The lowest BCUT2D eigenvalue weighted by Crippen LogP contribution is -2.34. The monoisotopic (exact) mass is 297 g/mol. The molecule has 0 spiro atoms. The third-order valence-electron chi connectivity index (χ3n) is 3.25. The Morgan fingerprint density at radius 3 is 2.62 bits per heavy atom. The van der Waals surface area contributed by atoms with Gasteiger partial charge in [-0.2, -0.15) is 0 Å². The highest BCUT2D eigenvalue weighted by molar-refractivity contribution is 5.84. The molecular weight excluding hydrogens is 277 g/mol. The zero-order valence-corrected chi connectivity index (χ0v) is 12.4. The van der Waals surface area contributed by atoms with Crippen LogP contribution in [0.4, 0.5) is 4.39 Å². The number of aryl methyl sites for hydroxylation is 1. The van der Waals surface area contributed by atoms with Crippen molar-refractivity contribution in [2.24, 2.45) is 0 Å². The number of carboxylic acid groups (broad SMARTS) is 1. The number of amides is 1. The molecule has 0 aliphatic carbocycles. The van der Waals surface area contributed by atoms with Gasteiger partial charge in [-0.15, -0.1) is 0 Å². The molecule has 1 amide bonds. The van der Waals surface area contributed by atoms with Crippen molar-refractivity contribution in [2.75, 3.05) is 7.11 Å². The number of benzene rings is 1. The van der Waals surface area contributed by atoms with E-state index in [1.807, 2.05) is 6.92 Å². The Balaban J connectivity index is 2.76. The number of carbonyl (C=O) groups is 2. The molecule has 0 saturated heterocycles. The molecule has 1 aromatic rings. The lowest BCUT2D eigenvalue weighted by molar-refractivity contribution is -0.142. The van der Waals surface area contributed by atoms with Crippen LogP contribution in [0.1, 0.15) is 36.9 Å². The second-order valence-corrected chi connectivity index (χ2v) is 4.93. The summed E-state index contributed by atoms with van der Waals surface area (Å²) in [5.41, 5.74) is 0.676. The maximum absolute atomic E-state index is 13.2. The summed E-state index contributed by atoms with van der Waals surface area (Å²) in [7, 11) is 1.55. The highest BCUT2D eigenvalue weighted by Crippen LogP contribution is 2.17. The second-order valence-electron chi connectivity index (χ2n) is 4.93. The van der Waals surface area contributed by atoms with Crippen LogP contribution in [0.3, 0.4) is 0 Å². The minimum atomic E-state index is -1.19. The van der Waals surface area contributed by atoms with E-state index in [-0.39, 0.29) is 18.4 Å². The first-order valence-electron chi connectivity index (χ1n) is 6.66. The number of carbonyl (C=O) groups excluding carboxylic acids is 1. The predicted molar refractivity (Wildman–Crippen MR) is 75.4 cm³/mol. The van der Waals surface area contributed by atoms with E-state index in [1.165, 1.54) is 18.2 Å². The molecule has 6 heteroatoms. The van der Waals surface area contributed by atoms with E-state index in [4.69, 9.17) is 4.74 Å². The summed E-state index contributed by atoms with van der Waals surface area (Å²) in [5, 5.41) is 11.7. The van der Waals surface area contributed by atoms with Crippen molar-refractivity contribution in [1.29, 1.82) is 0 Å². The highest BCUT2D eigenvalue weighted by atomic mass is 19.1. The summed E-state index contributed by atoms with van der Waals surface area (Å²) in [6.07, 6.45) is 0.586. The maximum atomic E-state index is 13.2. The zero-order chi connectivity index (χ0) is 16.0. The van der Waals surface area contributed by atoms with Gasteiger partial charge in [-0.05, 0) is 37.5 Å². The Kier molecular flexibility index (Phi) is 6.30. The van der Waals surface area contributed by atoms with Crippen LogP contribution in [-0.4, -0.2) is 30.2 Å². The fourth-order valence-electron chi connectivity index (χ4n) is 1.82. The van der Waals surface area contributed by atoms with Crippen LogP contribution in [0.2, 0.25) is 0 Å². The lowest BCUT2D eigenvalue weighted by atomic mass is 10.0. The van der Waals surface area contributed by atoms with Gasteiger partial charge in [0, 0.05) is 13.5 Å². The Labute approximate surface area is 123 Å². The number of halogens is 1. The van der Waals surface area contributed by atoms with Crippen LogP contribution >= 0.6 is 0 Å². The van der Waals surface area contributed by atoms with E-state index in [0.717, 1.165) is 0 Å². The number of nitrogens with one attached hydrogen (secondary N) is 1. The molecule has 1 rings (SSSR count). The number of methoxy groups -OCH3 is 1. The summed E-state index contributed by atoms with van der Waals surface area (Å²) in [5.74, 6) is -1.98. The van der Waals surface area contributed by atoms with Gasteiger partial charge in [0.25, 0.3) is 0 Å². The van der Waals surface area contributed by atoms with Crippen molar-refractivity contribution in [2.45, 2.75) is 38.8 Å². The van der Waals surface area contributed by atoms with Gasteiger partial charge in [0.05, 0.1) is 6.10 Å². The van der Waals surface area contributed by atoms with Crippen LogP contribution in [0.5, 0.6) is 0 Å². The molecule has 0 aliphatic heterocycles. The van der Waals surface area contributed by atoms with Crippen LogP contribution < -0.4 is 5.32 Å². The smallest absolute Gasteiger partial charge is 0.330 e. The number of rotatable bonds is 7. The molecular formula is C15H20FNO4. The molecule has 0 bridgehead atoms. The van der Waals surface area contributed by atoms with E-state index in [1.54, 1.807) is 14.0 Å². The van der Waals surface area contributed by atoms with Gasteiger partial charge in [-0.1, -0.05) is 12.1 Å². The summed E-state index contributed by atoms with van der Waals surface area (Å²) in [6, 6.07) is 2.79. The van der Waals surface area contributed by atoms with Gasteiger partial charge in [-0.25, -0.2) is 9.18 Å². The summed E-state index contributed by atoms with van der Waals surface area (Å²) < 4.78 is 18.3. The van der Waals surface area contributed by atoms with Gasteiger partial charge in [0.1, 0.15) is 5.82 Å². The van der Waals surface area contributed by atoms with Crippen LogP contribution in [-0.2, 0) is 14.3 Å². The molecule has 0 radical (unpaired) electrons. The average Bonchev–Trinajstić information content (AvgIpc) is 2.44. The van der Waals surface area contributed by atoms with E-state index in [2.05, 4.69) is 5.32 Å². The minimum absolute atomic E-state index is 0.0768. The van der Waals surface area contributed by atoms with Crippen LogP contribution in [0.15, 0.2) is 18.2 Å². The Morgan fingerprint density at radius 2 is 2.10 bits per heavy atom. The summed E-state index contributed by atoms with van der Waals surface area (Å²) in [4.78, 5) is 23.1. The van der Waals surface area contributed by atoms with Crippen molar-refractivity contribution in [3.8, 4) is 0 Å². The van der Waals surface area contributed by atoms with Gasteiger partial charge in [0.2, 0.25) is 5.91 Å². The zero-order valence-electron chi connectivity index (χ0n) is 12.4. The fraction of sp³-hybridized carbons (Fsp3) is 0.467. The molecule has 21 heavy (non-hydrogen) atoms. The first-order valence-corrected chi connectivity index (χ1v) is 6.66. The predicted octanol–water partition coefficient (Wildman–Crippen LogP) is 2.19. The molecule has 116 valence electrons. The highest BCUT2D eigenvalue weighted by Gasteiger charge is 2.22. The summed E-state index contributed by atoms with van der Waals surface area (Å²) >= 11 is 0. The Morgan fingerprint density at radius 1 is 1.43 bits per heavy atom. The van der Waals surface area contributed by atoms with Crippen molar-refractivity contribution in [3.63, 3.8) is 0 Å². The molecule has 2 unspecified atom stereocenters. The lowest BCUT2D eigenvalue weighted by Gasteiger charge is -2.16. The van der Waals surface area contributed by atoms with E-state index in [9.17, 15) is 19.1 Å². The minimum Gasteiger partial charge on any atom is -0.479 e. The van der Waals surface area contributed by atoms with Gasteiger partial charge < -0.3 is 15.2 Å². The molecule has 0 saturated carbocycles. The molecule has 5 nitrogen and oxygen atoms in total. The van der Waals surface area contributed by atoms with E-state index in [0.29, 0.717) is 17.5 Å². The number of carboxylic acids is 1. The molecule has 2 atom stereocenters. The molecule has 0 fully saturated rings. The largest absolute Gasteiger partial charge is 0.479 e. The van der Waals surface area contributed by atoms with Gasteiger partial charge in [-0.3, -0.25) is 4.79 Å². The first kappa shape index (κ1) is 17.1. The SMILES string of the molecule is COC(C)CCC(=O)NC(C(=O)O)c1ccc(F)c(C)c1. The standard InChI is InChI=1S/C15H20FNO4/c1-9-8-11(5-6-12(9)16)14(15(19)20)17-13(18)7-4-10(2)21-3/h5-6,8,10,14H,4,7H2,1-3H3,(H,17,18)(H,19,20). The fourth-order valence-corrected chi connectivity index (χ4v) is 1.82. The Bertz CT molecular complexity index is 518. The third-order valence-corrected chi connectivity index (χ3v) is 3.25. The quantitative estimate of drug-likeness (QED) is 0.809. The molecule has 1 aromatic carbocycles. The number of aliphatic carboxylic acids is 1. The topological polar surface area (TPSA) is 75.6 Å². The van der Waals surface area contributed by atoms with Crippen molar-refractivity contribution >= 4 is 11.9 Å².